The third kappa shape index (κ3) is 5.93. The minimum Gasteiger partial charge on any atom is -0.326 e. The number of hydrogen-bond donors (Lipinski definition) is 2. The number of urea groups is 1. The first-order chi connectivity index (χ1) is 15.6. The van der Waals surface area contributed by atoms with E-state index < -0.39 is 10.0 Å². The quantitative estimate of drug-likeness (QED) is 0.603. The Bertz CT molecular complexity index is 1100. The number of thiophene rings is 1. The first kappa shape index (κ1) is 25.2. The highest BCUT2D eigenvalue weighted by Gasteiger charge is 2.28. The van der Waals surface area contributed by atoms with Gasteiger partial charge in [-0.15, -0.1) is 11.3 Å². The maximum absolute atomic E-state index is 12.7. The van der Waals surface area contributed by atoms with Gasteiger partial charge in [0.15, 0.2) is 0 Å². The van der Waals surface area contributed by atoms with E-state index in [-0.39, 0.29) is 22.1 Å². The van der Waals surface area contributed by atoms with Crippen molar-refractivity contribution in [1.82, 2.24) is 9.21 Å². The Labute approximate surface area is 200 Å². The molecule has 2 heterocycles. The number of likely N-dealkylation sites (tertiary alicyclic amines) is 1. The number of benzene rings is 1. The molecule has 8 nitrogen and oxygen atoms in total. The van der Waals surface area contributed by atoms with Crippen LogP contribution in [0.5, 0.6) is 0 Å². The second-order valence-corrected chi connectivity index (χ2v) is 11.5. The first-order valence-electron chi connectivity index (χ1n) is 11.2. The van der Waals surface area contributed by atoms with Gasteiger partial charge in [0, 0.05) is 37.8 Å². The summed E-state index contributed by atoms with van der Waals surface area (Å²) in [7, 11) is -3.55. The topological polar surface area (TPSA) is 98.8 Å². The first-order valence-corrected chi connectivity index (χ1v) is 13.4. The molecule has 0 bridgehead atoms. The summed E-state index contributed by atoms with van der Waals surface area (Å²) in [4.78, 5) is 27.0. The van der Waals surface area contributed by atoms with Crippen LogP contribution in [0, 0.1) is 19.8 Å². The smallest absolute Gasteiger partial charge is 0.322 e. The van der Waals surface area contributed by atoms with Crippen molar-refractivity contribution in [3.05, 3.63) is 41.5 Å². The number of carbonyl (C=O) groups excluding carboxylic acids is 2. The Balaban J connectivity index is 1.53. The molecule has 0 unspecified atom stereocenters. The van der Waals surface area contributed by atoms with E-state index in [1.54, 1.807) is 24.8 Å². The normalized spacial score (nSPS) is 15.0. The highest BCUT2D eigenvalue weighted by atomic mass is 32.2. The van der Waals surface area contributed by atoms with E-state index in [9.17, 15) is 18.0 Å². The third-order valence-corrected chi connectivity index (χ3v) is 9.42. The zero-order valence-corrected chi connectivity index (χ0v) is 21.2. The van der Waals surface area contributed by atoms with Gasteiger partial charge in [0.2, 0.25) is 5.91 Å². The Morgan fingerprint density at radius 2 is 1.73 bits per heavy atom. The zero-order valence-electron chi connectivity index (χ0n) is 19.6. The molecule has 0 spiro atoms. The molecule has 1 aromatic heterocycles. The van der Waals surface area contributed by atoms with Crippen molar-refractivity contribution in [2.75, 3.05) is 36.8 Å². The van der Waals surface area contributed by atoms with Crippen LogP contribution < -0.4 is 10.6 Å². The number of piperidine rings is 1. The Kier molecular flexibility index (Phi) is 8.14. The van der Waals surface area contributed by atoms with Crippen LogP contribution in [0.2, 0.25) is 0 Å². The fourth-order valence-electron chi connectivity index (χ4n) is 3.93. The largest absolute Gasteiger partial charge is 0.326 e. The summed E-state index contributed by atoms with van der Waals surface area (Å²) < 4.78 is 26.9. The van der Waals surface area contributed by atoms with Crippen LogP contribution in [0.25, 0.3) is 0 Å². The lowest BCUT2D eigenvalue weighted by molar-refractivity contribution is -0.121. The standard InChI is InChI=1S/C23H32N4O4S2/c1-5-27(6-2)33(30,31)21-10-9-20(32-21)25-23(29)26-13-11-18(12-14-26)22(28)24-19-8-7-16(3)15-17(19)4/h7-10,15,18H,5-6,11-14H2,1-4H3,(H,24,28)(H,25,29). The third-order valence-electron chi connectivity index (χ3n) is 5.90. The van der Waals surface area contributed by atoms with Crippen molar-refractivity contribution in [2.24, 2.45) is 5.92 Å². The number of hydrogen-bond acceptors (Lipinski definition) is 5. The van der Waals surface area contributed by atoms with Crippen molar-refractivity contribution in [1.29, 1.82) is 0 Å². The molecule has 1 saturated heterocycles. The number of nitrogens with one attached hydrogen (secondary N) is 2. The summed E-state index contributed by atoms with van der Waals surface area (Å²) in [5.41, 5.74) is 2.99. The van der Waals surface area contributed by atoms with Gasteiger partial charge >= 0.3 is 6.03 Å². The fourth-order valence-corrected chi connectivity index (χ4v) is 6.74. The van der Waals surface area contributed by atoms with Crippen LogP contribution in [0.15, 0.2) is 34.5 Å². The van der Waals surface area contributed by atoms with Gasteiger partial charge in [-0.25, -0.2) is 13.2 Å². The number of sulfonamides is 1. The highest BCUT2D eigenvalue weighted by molar-refractivity contribution is 7.91. The second-order valence-electron chi connectivity index (χ2n) is 8.21. The summed E-state index contributed by atoms with van der Waals surface area (Å²) in [5, 5.41) is 6.29. The van der Waals surface area contributed by atoms with E-state index in [4.69, 9.17) is 0 Å². The highest BCUT2D eigenvalue weighted by Crippen LogP contribution is 2.29. The summed E-state index contributed by atoms with van der Waals surface area (Å²) in [6.07, 6.45) is 1.16. The average Bonchev–Trinajstić information content (AvgIpc) is 3.26. The molecule has 2 aromatic rings. The van der Waals surface area contributed by atoms with E-state index in [2.05, 4.69) is 10.6 Å². The molecule has 0 saturated carbocycles. The molecule has 1 aliphatic rings. The lowest BCUT2D eigenvalue weighted by atomic mass is 9.96. The van der Waals surface area contributed by atoms with Crippen LogP contribution in [0.4, 0.5) is 15.5 Å². The summed E-state index contributed by atoms with van der Waals surface area (Å²) >= 11 is 1.05. The monoisotopic (exact) mass is 492 g/mol. The summed E-state index contributed by atoms with van der Waals surface area (Å²) in [6, 6.07) is 8.78. The van der Waals surface area contributed by atoms with Crippen molar-refractivity contribution < 1.29 is 18.0 Å². The Morgan fingerprint density at radius 3 is 2.33 bits per heavy atom. The molecule has 0 atom stereocenters. The van der Waals surface area contributed by atoms with Gasteiger partial charge < -0.3 is 10.2 Å². The molecule has 33 heavy (non-hydrogen) atoms. The molecule has 1 fully saturated rings. The average molecular weight is 493 g/mol. The number of amides is 3. The molecule has 3 amide bonds. The fraction of sp³-hybridized carbons (Fsp3) is 0.478. The lowest BCUT2D eigenvalue weighted by Gasteiger charge is -2.31. The number of nitrogens with zero attached hydrogens (tertiary/aromatic N) is 2. The van der Waals surface area contributed by atoms with Crippen LogP contribution >= 0.6 is 11.3 Å². The van der Waals surface area contributed by atoms with E-state index in [0.717, 1.165) is 28.2 Å². The molecule has 0 radical (unpaired) electrons. The van der Waals surface area contributed by atoms with E-state index in [1.165, 1.54) is 10.4 Å². The van der Waals surface area contributed by atoms with Gasteiger partial charge in [-0.05, 0) is 50.5 Å². The molecular weight excluding hydrogens is 460 g/mol. The zero-order chi connectivity index (χ0) is 24.2. The maximum atomic E-state index is 12.7. The molecular formula is C23H32N4O4S2. The molecule has 180 valence electrons. The summed E-state index contributed by atoms with van der Waals surface area (Å²) in [6.45, 7) is 9.29. The van der Waals surface area contributed by atoms with E-state index in [0.29, 0.717) is 44.0 Å². The van der Waals surface area contributed by atoms with Crippen molar-refractivity contribution in [3.8, 4) is 0 Å². The van der Waals surface area contributed by atoms with Gasteiger partial charge in [0.05, 0.1) is 5.00 Å². The molecule has 0 aliphatic carbocycles. The minimum absolute atomic E-state index is 0.0217. The van der Waals surface area contributed by atoms with Gasteiger partial charge in [-0.3, -0.25) is 10.1 Å². The Morgan fingerprint density at radius 1 is 1.06 bits per heavy atom. The number of anilines is 2. The number of rotatable bonds is 7. The van der Waals surface area contributed by atoms with Gasteiger partial charge in [0.1, 0.15) is 4.21 Å². The molecule has 10 heteroatoms. The van der Waals surface area contributed by atoms with Crippen LogP contribution in [-0.4, -0.2) is 55.7 Å². The lowest BCUT2D eigenvalue weighted by Crippen LogP contribution is -2.43. The Hall–Kier alpha value is -2.43. The van der Waals surface area contributed by atoms with E-state index >= 15 is 0 Å². The van der Waals surface area contributed by atoms with Gasteiger partial charge in [0.25, 0.3) is 10.0 Å². The van der Waals surface area contributed by atoms with Gasteiger partial charge in [-0.1, -0.05) is 31.5 Å². The van der Waals surface area contributed by atoms with Crippen LogP contribution in [0.1, 0.15) is 37.8 Å². The summed E-state index contributed by atoms with van der Waals surface area (Å²) in [5.74, 6) is -0.172. The SMILES string of the molecule is CCN(CC)S(=O)(=O)c1ccc(NC(=O)N2CCC(C(=O)Nc3ccc(C)cc3C)CC2)s1. The minimum atomic E-state index is -3.55. The van der Waals surface area contributed by atoms with Crippen LogP contribution in [-0.2, 0) is 14.8 Å². The predicted molar refractivity (Wildman–Crippen MR) is 132 cm³/mol. The molecule has 3 rings (SSSR count). The molecule has 2 N–H and O–H groups in total. The maximum Gasteiger partial charge on any atom is 0.322 e. The second kappa shape index (κ2) is 10.7. The van der Waals surface area contributed by atoms with Crippen molar-refractivity contribution >= 4 is 44.0 Å². The number of carbonyl (C=O) groups is 2. The van der Waals surface area contributed by atoms with E-state index in [1.807, 2.05) is 32.0 Å². The van der Waals surface area contributed by atoms with Crippen molar-refractivity contribution in [3.63, 3.8) is 0 Å². The van der Waals surface area contributed by atoms with Crippen LogP contribution in [0.3, 0.4) is 0 Å². The van der Waals surface area contributed by atoms with Gasteiger partial charge in [-0.2, -0.15) is 4.31 Å². The predicted octanol–water partition coefficient (Wildman–Crippen LogP) is 4.28. The molecule has 1 aromatic carbocycles. The number of aryl methyl sites for hydroxylation is 2. The molecule has 1 aliphatic heterocycles. The van der Waals surface area contributed by atoms with Crippen molar-refractivity contribution in [2.45, 2.75) is 44.7 Å².